The van der Waals surface area contributed by atoms with E-state index in [1.54, 1.807) is 0 Å². The van der Waals surface area contributed by atoms with Gasteiger partial charge in [-0.25, -0.2) is 0 Å². The zero-order valence-electron chi connectivity index (χ0n) is 10.7. The Balaban J connectivity index is 1.71. The van der Waals surface area contributed by atoms with Crippen molar-refractivity contribution in [2.45, 2.75) is 19.4 Å². The lowest BCUT2D eigenvalue weighted by Crippen LogP contribution is -2.43. The quantitative estimate of drug-likeness (QED) is 0.911. The average molecular weight is 270 g/mol. The molecular formula is C14H20ClNO2. The van der Waals surface area contributed by atoms with Gasteiger partial charge >= 0.3 is 0 Å². The van der Waals surface area contributed by atoms with Gasteiger partial charge in [0.1, 0.15) is 12.4 Å². The van der Waals surface area contributed by atoms with Gasteiger partial charge < -0.3 is 9.84 Å². The molecule has 1 heterocycles. The van der Waals surface area contributed by atoms with Crippen LogP contribution in [0.1, 0.15) is 13.3 Å². The molecule has 1 aliphatic rings. The zero-order valence-corrected chi connectivity index (χ0v) is 11.4. The average Bonchev–Trinajstić information content (AvgIpc) is 2.36. The van der Waals surface area contributed by atoms with Crippen LogP contribution in [0.4, 0.5) is 0 Å². The van der Waals surface area contributed by atoms with Crippen LogP contribution in [0.25, 0.3) is 0 Å². The van der Waals surface area contributed by atoms with Crippen molar-refractivity contribution in [3.8, 4) is 5.75 Å². The van der Waals surface area contributed by atoms with Crippen molar-refractivity contribution in [2.24, 2.45) is 5.92 Å². The lowest BCUT2D eigenvalue weighted by atomic mass is 9.97. The van der Waals surface area contributed by atoms with Crippen LogP contribution in [0.3, 0.4) is 0 Å². The van der Waals surface area contributed by atoms with Gasteiger partial charge in [0.05, 0.1) is 6.10 Å². The highest BCUT2D eigenvalue weighted by atomic mass is 35.5. The Kier molecular flexibility index (Phi) is 4.87. The molecule has 3 nitrogen and oxygen atoms in total. The number of nitrogens with zero attached hydrogens (tertiary/aromatic N) is 1. The minimum atomic E-state index is -0.140. The zero-order chi connectivity index (χ0) is 13.0. The van der Waals surface area contributed by atoms with Crippen molar-refractivity contribution in [1.29, 1.82) is 0 Å². The maximum atomic E-state index is 9.65. The van der Waals surface area contributed by atoms with Gasteiger partial charge in [0.15, 0.2) is 0 Å². The van der Waals surface area contributed by atoms with Crippen molar-refractivity contribution in [1.82, 2.24) is 4.90 Å². The van der Waals surface area contributed by atoms with Gasteiger partial charge in [-0.3, -0.25) is 4.90 Å². The van der Waals surface area contributed by atoms with Gasteiger partial charge in [-0.1, -0.05) is 18.5 Å². The van der Waals surface area contributed by atoms with E-state index >= 15 is 0 Å². The molecule has 1 aromatic carbocycles. The Morgan fingerprint density at radius 3 is 2.78 bits per heavy atom. The summed E-state index contributed by atoms with van der Waals surface area (Å²) in [5, 5.41) is 10.4. The van der Waals surface area contributed by atoms with Crippen LogP contribution < -0.4 is 4.74 Å². The van der Waals surface area contributed by atoms with Gasteiger partial charge in [0.25, 0.3) is 0 Å². The molecule has 1 aliphatic heterocycles. The van der Waals surface area contributed by atoms with E-state index < -0.39 is 0 Å². The molecule has 1 N–H and O–H groups in total. The summed E-state index contributed by atoms with van der Waals surface area (Å²) in [6.07, 6.45) is 0.723. The predicted molar refractivity (Wildman–Crippen MR) is 73.2 cm³/mol. The lowest BCUT2D eigenvalue weighted by molar-refractivity contribution is 0.0304. The molecule has 2 rings (SSSR count). The Labute approximate surface area is 113 Å². The van der Waals surface area contributed by atoms with Crippen LogP contribution >= 0.6 is 11.6 Å². The summed E-state index contributed by atoms with van der Waals surface area (Å²) < 4.78 is 5.66. The summed E-state index contributed by atoms with van der Waals surface area (Å²) in [7, 11) is 0. The SMILES string of the molecule is CC1CN(CCOc2ccc(Cl)cc2)CCC1O. The number of halogens is 1. The topological polar surface area (TPSA) is 32.7 Å². The first-order valence-electron chi connectivity index (χ1n) is 6.44. The van der Waals surface area contributed by atoms with Crippen LogP contribution in [0.15, 0.2) is 24.3 Å². The second kappa shape index (κ2) is 6.41. The number of benzene rings is 1. The van der Waals surface area contributed by atoms with Crippen LogP contribution in [0.5, 0.6) is 5.75 Å². The number of likely N-dealkylation sites (tertiary alicyclic amines) is 1. The maximum Gasteiger partial charge on any atom is 0.119 e. The van der Waals surface area contributed by atoms with E-state index in [0.29, 0.717) is 12.5 Å². The molecule has 0 amide bonds. The van der Waals surface area contributed by atoms with Crippen molar-refractivity contribution >= 4 is 11.6 Å². The summed E-state index contributed by atoms with van der Waals surface area (Å²) in [6.45, 7) is 5.57. The summed E-state index contributed by atoms with van der Waals surface area (Å²) in [5.41, 5.74) is 0. The van der Waals surface area contributed by atoms with Gasteiger partial charge in [-0.15, -0.1) is 0 Å². The van der Waals surface area contributed by atoms with E-state index in [1.165, 1.54) is 0 Å². The predicted octanol–water partition coefficient (Wildman–Crippen LogP) is 2.42. The third kappa shape index (κ3) is 3.87. The third-order valence-electron chi connectivity index (χ3n) is 3.43. The van der Waals surface area contributed by atoms with E-state index in [9.17, 15) is 5.11 Å². The largest absolute Gasteiger partial charge is 0.492 e. The Morgan fingerprint density at radius 2 is 2.11 bits per heavy atom. The Morgan fingerprint density at radius 1 is 1.39 bits per heavy atom. The molecule has 0 spiro atoms. The number of hydrogen-bond acceptors (Lipinski definition) is 3. The van der Waals surface area contributed by atoms with Crippen molar-refractivity contribution in [3.05, 3.63) is 29.3 Å². The standard InChI is InChI=1S/C14H20ClNO2/c1-11-10-16(7-6-14(11)17)8-9-18-13-4-2-12(15)3-5-13/h2-5,11,14,17H,6-10H2,1H3. The smallest absolute Gasteiger partial charge is 0.119 e. The molecule has 0 bridgehead atoms. The van der Waals surface area contributed by atoms with E-state index in [1.807, 2.05) is 24.3 Å². The Hall–Kier alpha value is -0.770. The van der Waals surface area contributed by atoms with Gasteiger partial charge in [0.2, 0.25) is 0 Å². The van der Waals surface area contributed by atoms with Crippen molar-refractivity contribution < 1.29 is 9.84 Å². The fourth-order valence-electron chi connectivity index (χ4n) is 2.25. The van der Waals surface area contributed by atoms with Gasteiger partial charge in [0, 0.05) is 24.7 Å². The highest BCUT2D eigenvalue weighted by Gasteiger charge is 2.23. The number of ether oxygens (including phenoxy) is 1. The van der Waals surface area contributed by atoms with E-state index in [-0.39, 0.29) is 6.10 Å². The van der Waals surface area contributed by atoms with Crippen molar-refractivity contribution in [2.75, 3.05) is 26.2 Å². The molecule has 1 aromatic rings. The molecule has 18 heavy (non-hydrogen) atoms. The normalized spacial score (nSPS) is 25.1. The second-order valence-corrected chi connectivity index (χ2v) is 5.37. The molecule has 2 atom stereocenters. The summed E-state index contributed by atoms with van der Waals surface area (Å²) >= 11 is 5.81. The summed E-state index contributed by atoms with van der Waals surface area (Å²) in [5.74, 6) is 1.21. The van der Waals surface area contributed by atoms with E-state index in [0.717, 1.165) is 36.8 Å². The number of piperidine rings is 1. The van der Waals surface area contributed by atoms with Crippen molar-refractivity contribution in [3.63, 3.8) is 0 Å². The van der Waals surface area contributed by atoms with Gasteiger partial charge in [-0.2, -0.15) is 0 Å². The first-order chi connectivity index (χ1) is 8.65. The molecule has 0 aliphatic carbocycles. The molecule has 0 aromatic heterocycles. The number of rotatable bonds is 4. The fraction of sp³-hybridized carbons (Fsp3) is 0.571. The first kappa shape index (κ1) is 13.7. The highest BCUT2D eigenvalue weighted by Crippen LogP contribution is 2.17. The third-order valence-corrected chi connectivity index (χ3v) is 3.69. The molecular weight excluding hydrogens is 250 g/mol. The first-order valence-corrected chi connectivity index (χ1v) is 6.82. The fourth-order valence-corrected chi connectivity index (χ4v) is 2.37. The van der Waals surface area contributed by atoms with Gasteiger partial charge in [-0.05, 0) is 36.6 Å². The molecule has 1 saturated heterocycles. The minimum Gasteiger partial charge on any atom is -0.492 e. The minimum absolute atomic E-state index is 0.140. The maximum absolute atomic E-state index is 9.65. The van der Waals surface area contributed by atoms with Crippen LogP contribution in [-0.4, -0.2) is 42.4 Å². The monoisotopic (exact) mass is 269 g/mol. The molecule has 1 fully saturated rings. The number of aliphatic hydroxyl groups excluding tert-OH is 1. The highest BCUT2D eigenvalue weighted by molar-refractivity contribution is 6.30. The summed E-state index contributed by atoms with van der Waals surface area (Å²) in [6, 6.07) is 7.42. The molecule has 4 heteroatoms. The molecule has 2 unspecified atom stereocenters. The summed E-state index contributed by atoms with van der Waals surface area (Å²) in [4.78, 5) is 2.34. The van der Waals surface area contributed by atoms with E-state index in [4.69, 9.17) is 16.3 Å². The molecule has 0 saturated carbocycles. The second-order valence-electron chi connectivity index (χ2n) is 4.94. The van der Waals surface area contributed by atoms with Crippen LogP contribution in [-0.2, 0) is 0 Å². The number of hydrogen-bond donors (Lipinski definition) is 1. The van der Waals surface area contributed by atoms with E-state index in [2.05, 4.69) is 11.8 Å². The molecule has 100 valence electrons. The molecule has 0 radical (unpaired) electrons. The number of aliphatic hydroxyl groups is 1. The lowest BCUT2D eigenvalue weighted by Gasteiger charge is -2.34. The van der Waals surface area contributed by atoms with Crippen LogP contribution in [0.2, 0.25) is 5.02 Å². The Bertz CT molecular complexity index is 369. The van der Waals surface area contributed by atoms with Crippen LogP contribution in [0, 0.1) is 5.92 Å².